The van der Waals surface area contributed by atoms with E-state index in [1.807, 2.05) is 0 Å². The van der Waals surface area contributed by atoms with Crippen LogP contribution in [0.5, 0.6) is 5.75 Å². The molecule has 2 rings (SSSR count). The second-order valence-corrected chi connectivity index (χ2v) is 6.77. The summed E-state index contributed by atoms with van der Waals surface area (Å²) in [6, 6.07) is 14.9. The van der Waals surface area contributed by atoms with Gasteiger partial charge in [-0.15, -0.1) is 0 Å². The molecule has 2 aromatic carbocycles. The number of ether oxygens (including phenoxy) is 1. The van der Waals surface area contributed by atoms with Crippen LogP contribution in [0, 0.1) is 0 Å². The molecule has 0 saturated heterocycles. The summed E-state index contributed by atoms with van der Waals surface area (Å²) in [5, 5.41) is 2.66. The van der Waals surface area contributed by atoms with Gasteiger partial charge >= 0.3 is 0 Å². The molecule has 2 aromatic rings. The van der Waals surface area contributed by atoms with Crippen LogP contribution in [-0.2, 0) is 14.6 Å². The van der Waals surface area contributed by atoms with Gasteiger partial charge in [0.1, 0.15) is 5.75 Å². The number of rotatable bonds is 6. The van der Waals surface area contributed by atoms with E-state index >= 15 is 0 Å². The summed E-state index contributed by atoms with van der Waals surface area (Å²) in [5.41, 5.74) is 0.600. The number of amides is 1. The summed E-state index contributed by atoms with van der Waals surface area (Å²) < 4.78 is 29.2. The van der Waals surface area contributed by atoms with Crippen molar-refractivity contribution in [1.29, 1.82) is 0 Å². The van der Waals surface area contributed by atoms with Crippen molar-refractivity contribution in [2.75, 3.05) is 18.2 Å². The lowest BCUT2D eigenvalue weighted by Gasteiger charge is -2.07. The van der Waals surface area contributed by atoms with Crippen molar-refractivity contribution < 1.29 is 17.9 Å². The molecular weight excluding hydrogens is 302 g/mol. The number of benzene rings is 2. The SMILES string of the molecule is COc1ccc(NC(=O)CCS(=O)(=O)c2ccccc2)cc1. The Morgan fingerprint density at radius 3 is 2.27 bits per heavy atom. The number of carbonyl (C=O) groups excluding carboxylic acids is 1. The van der Waals surface area contributed by atoms with E-state index < -0.39 is 9.84 Å². The molecule has 0 unspecified atom stereocenters. The summed E-state index contributed by atoms with van der Waals surface area (Å²) in [6.07, 6.45) is -0.0940. The Bertz CT molecular complexity index is 725. The largest absolute Gasteiger partial charge is 0.497 e. The van der Waals surface area contributed by atoms with Crippen molar-refractivity contribution >= 4 is 21.4 Å². The normalized spacial score (nSPS) is 11.0. The maximum atomic E-state index is 12.1. The summed E-state index contributed by atoms with van der Waals surface area (Å²) in [6.45, 7) is 0. The van der Waals surface area contributed by atoms with Gasteiger partial charge in [-0.25, -0.2) is 8.42 Å². The number of hydrogen-bond acceptors (Lipinski definition) is 4. The van der Waals surface area contributed by atoms with E-state index in [4.69, 9.17) is 4.74 Å². The van der Waals surface area contributed by atoms with Crippen molar-refractivity contribution in [2.24, 2.45) is 0 Å². The maximum Gasteiger partial charge on any atom is 0.225 e. The highest BCUT2D eigenvalue weighted by molar-refractivity contribution is 7.91. The summed E-state index contributed by atoms with van der Waals surface area (Å²) in [4.78, 5) is 12.1. The Labute approximate surface area is 129 Å². The molecule has 0 fully saturated rings. The lowest BCUT2D eigenvalue weighted by Crippen LogP contribution is -2.17. The molecule has 6 heteroatoms. The fourth-order valence-corrected chi connectivity index (χ4v) is 3.13. The molecule has 0 aliphatic rings. The Kier molecular flexibility index (Phi) is 5.16. The second kappa shape index (κ2) is 7.09. The first-order chi connectivity index (χ1) is 10.5. The average Bonchev–Trinajstić information content (AvgIpc) is 2.55. The minimum atomic E-state index is -3.44. The van der Waals surface area contributed by atoms with E-state index in [9.17, 15) is 13.2 Å². The molecule has 1 N–H and O–H groups in total. The molecule has 0 aromatic heterocycles. The molecule has 1 amide bonds. The smallest absolute Gasteiger partial charge is 0.225 e. The van der Waals surface area contributed by atoms with Crippen LogP contribution >= 0.6 is 0 Å². The van der Waals surface area contributed by atoms with E-state index in [0.29, 0.717) is 11.4 Å². The summed E-state index contributed by atoms with van der Waals surface area (Å²) >= 11 is 0. The van der Waals surface area contributed by atoms with Crippen LogP contribution in [0.15, 0.2) is 59.5 Å². The van der Waals surface area contributed by atoms with Gasteiger partial charge in [0.15, 0.2) is 9.84 Å². The van der Waals surface area contributed by atoms with Crippen molar-refractivity contribution in [3.8, 4) is 5.75 Å². The van der Waals surface area contributed by atoms with Crippen LogP contribution in [0.4, 0.5) is 5.69 Å². The van der Waals surface area contributed by atoms with Crippen LogP contribution in [0.2, 0.25) is 0 Å². The zero-order chi connectivity index (χ0) is 16.0. The van der Waals surface area contributed by atoms with Gasteiger partial charge in [-0.05, 0) is 36.4 Å². The van der Waals surface area contributed by atoms with Crippen LogP contribution in [0.3, 0.4) is 0 Å². The lowest BCUT2D eigenvalue weighted by molar-refractivity contribution is -0.115. The molecule has 0 radical (unpaired) electrons. The highest BCUT2D eigenvalue weighted by atomic mass is 32.2. The third-order valence-electron chi connectivity index (χ3n) is 3.07. The topological polar surface area (TPSA) is 72.5 Å². The molecule has 0 spiro atoms. The van der Waals surface area contributed by atoms with Crippen molar-refractivity contribution in [1.82, 2.24) is 0 Å². The van der Waals surface area contributed by atoms with Gasteiger partial charge in [0.05, 0.1) is 17.8 Å². The second-order valence-electron chi connectivity index (χ2n) is 4.66. The highest BCUT2D eigenvalue weighted by Crippen LogP contribution is 2.16. The lowest BCUT2D eigenvalue weighted by atomic mass is 10.3. The predicted molar refractivity (Wildman–Crippen MR) is 84.7 cm³/mol. The van der Waals surface area contributed by atoms with Crippen LogP contribution < -0.4 is 10.1 Å². The first kappa shape index (κ1) is 16.0. The van der Waals surface area contributed by atoms with Gasteiger partial charge in [0.25, 0.3) is 0 Å². The zero-order valence-electron chi connectivity index (χ0n) is 12.2. The standard InChI is InChI=1S/C16H17NO4S/c1-21-14-9-7-13(8-10-14)17-16(18)11-12-22(19,20)15-5-3-2-4-6-15/h2-10H,11-12H2,1H3,(H,17,18). The Hall–Kier alpha value is -2.34. The number of anilines is 1. The van der Waals surface area contributed by atoms with Crippen molar-refractivity contribution in [2.45, 2.75) is 11.3 Å². The number of carbonyl (C=O) groups is 1. The number of hydrogen-bond donors (Lipinski definition) is 1. The van der Waals surface area contributed by atoms with E-state index in [1.165, 1.54) is 12.1 Å². The van der Waals surface area contributed by atoms with Gasteiger partial charge < -0.3 is 10.1 Å². The van der Waals surface area contributed by atoms with Crippen molar-refractivity contribution in [3.05, 3.63) is 54.6 Å². The summed E-state index contributed by atoms with van der Waals surface area (Å²) in [7, 11) is -1.88. The number of sulfone groups is 1. The van der Waals surface area contributed by atoms with Gasteiger partial charge in [0.2, 0.25) is 5.91 Å². The van der Waals surface area contributed by atoms with Gasteiger partial charge in [0, 0.05) is 12.1 Å². The fourth-order valence-electron chi connectivity index (χ4n) is 1.87. The minimum Gasteiger partial charge on any atom is -0.497 e. The molecule has 0 saturated carbocycles. The van der Waals surface area contributed by atoms with E-state index in [-0.39, 0.29) is 23.0 Å². The van der Waals surface area contributed by atoms with Gasteiger partial charge in [-0.2, -0.15) is 0 Å². The third-order valence-corrected chi connectivity index (χ3v) is 4.81. The molecule has 0 atom stereocenters. The van der Waals surface area contributed by atoms with E-state index in [0.717, 1.165) is 0 Å². The van der Waals surface area contributed by atoms with Crippen LogP contribution in [0.25, 0.3) is 0 Å². The molecule has 116 valence electrons. The number of methoxy groups -OCH3 is 1. The van der Waals surface area contributed by atoms with Gasteiger partial charge in [-0.1, -0.05) is 18.2 Å². The van der Waals surface area contributed by atoms with Crippen molar-refractivity contribution in [3.63, 3.8) is 0 Å². The predicted octanol–water partition coefficient (Wildman–Crippen LogP) is 2.50. The molecule has 22 heavy (non-hydrogen) atoms. The Morgan fingerprint density at radius 1 is 1.05 bits per heavy atom. The average molecular weight is 319 g/mol. The fraction of sp³-hybridized carbons (Fsp3) is 0.188. The van der Waals surface area contributed by atoms with Crippen LogP contribution in [0.1, 0.15) is 6.42 Å². The monoisotopic (exact) mass is 319 g/mol. The quantitative estimate of drug-likeness (QED) is 0.888. The van der Waals surface area contributed by atoms with Crippen LogP contribution in [-0.4, -0.2) is 27.2 Å². The Morgan fingerprint density at radius 2 is 1.68 bits per heavy atom. The molecule has 5 nitrogen and oxygen atoms in total. The van der Waals surface area contributed by atoms with E-state index in [1.54, 1.807) is 49.6 Å². The molecule has 0 aliphatic carbocycles. The number of nitrogens with one attached hydrogen (secondary N) is 1. The highest BCUT2D eigenvalue weighted by Gasteiger charge is 2.16. The molecule has 0 heterocycles. The first-order valence-corrected chi connectivity index (χ1v) is 8.38. The molecular formula is C16H17NO4S. The van der Waals surface area contributed by atoms with Gasteiger partial charge in [-0.3, -0.25) is 4.79 Å². The first-order valence-electron chi connectivity index (χ1n) is 6.73. The molecule has 0 aliphatic heterocycles. The maximum absolute atomic E-state index is 12.1. The summed E-state index contributed by atoms with van der Waals surface area (Å²) in [5.74, 6) is 0.119. The Balaban J connectivity index is 1.92. The minimum absolute atomic E-state index is 0.0940. The molecule has 0 bridgehead atoms. The van der Waals surface area contributed by atoms with E-state index in [2.05, 4.69) is 5.32 Å². The zero-order valence-corrected chi connectivity index (χ0v) is 13.0. The third kappa shape index (κ3) is 4.33.